The Labute approximate surface area is 129 Å². The van der Waals surface area contributed by atoms with Crippen LogP contribution in [0.1, 0.15) is 12.8 Å². The number of aliphatic carboxylic acids is 1. The second-order valence-electron chi connectivity index (χ2n) is 5.71. The molecule has 0 amide bonds. The Hall–Kier alpha value is -2.33. The van der Waals surface area contributed by atoms with Gasteiger partial charge in [0.2, 0.25) is 0 Å². The third-order valence-corrected chi connectivity index (χ3v) is 4.11. The van der Waals surface area contributed by atoms with Crippen LogP contribution in [0.15, 0.2) is 54.6 Å². The lowest BCUT2D eigenvalue weighted by Gasteiger charge is -2.25. The average Bonchev–Trinajstić information content (AvgIpc) is 2.88. The van der Waals surface area contributed by atoms with E-state index in [0.717, 1.165) is 16.8 Å². The molecule has 0 radical (unpaired) electrons. The van der Waals surface area contributed by atoms with Crippen LogP contribution in [0.3, 0.4) is 0 Å². The highest BCUT2D eigenvalue weighted by Crippen LogP contribution is 2.29. The van der Waals surface area contributed by atoms with Crippen LogP contribution in [0, 0.1) is 0 Å². The summed E-state index contributed by atoms with van der Waals surface area (Å²) in [5.41, 5.74) is 3.24. The van der Waals surface area contributed by atoms with Crippen LogP contribution in [0.4, 0.5) is 5.69 Å². The van der Waals surface area contributed by atoms with Crippen LogP contribution in [0.25, 0.3) is 11.1 Å². The molecule has 22 heavy (non-hydrogen) atoms. The molecule has 4 nitrogen and oxygen atoms in total. The Morgan fingerprint density at radius 1 is 1.05 bits per heavy atom. The van der Waals surface area contributed by atoms with Gasteiger partial charge in [0.1, 0.15) is 0 Å². The molecule has 0 bridgehead atoms. The number of benzene rings is 2. The Kier molecular flexibility index (Phi) is 4.11. The van der Waals surface area contributed by atoms with Crippen LogP contribution in [0.5, 0.6) is 0 Å². The van der Waals surface area contributed by atoms with Gasteiger partial charge in [0.25, 0.3) is 0 Å². The highest BCUT2D eigenvalue weighted by atomic mass is 16.4. The van der Waals surface area contributed by atoms with E-state index < -0.39 is 12.1 Å². The lowest BCUT2D eigenvalue weighted by molar-refractivity contribution is -0.137. The molecule has 1 heterocycles. The number of hydrogen-bond donors (Lipinski definition) is 2. The first-order valence-corrected chi connectivity index (χ1v) is 7.45. The van der Waals surface area contributed by atoms with Crippen LogP contribution >= 0.6 is 0 Å². The molecule has 1 fully saturated rings. The third-order valence-electron chi connectivity index (χ3n) is 4.11. The number of carbonyl (C=O) groups is 1. The SMILES string of the molecule is O=C(O)C[C@@H]1C[C@H](O)CN1c1ccc(-c2ccccc2)cc1. The predicted octanol–water partition coefficient (Wildman–Crippen LogP) is 2.77. The molecule has 4 heteroatoms. The van der Waals surface area contributed by atoms with Gasteiger partial charge in [0.15, 0.2) is 0 Å². The monoisotopic (exact) mass is 297 g/mol. The van der Waals surface area contributed by atoms with Gasteiger partial charge in [-0.1, -0.05) is 42.5 Å². The minimum atomic E-state index is -0.829. The fourth-order valence-electron chi connectivity index (χ4n) is 3.08. The van der Waals surface area contributed by atoms with E-state index in [-0.39, 0.29) is 12.5 Å². The van der Waals surface area contributed by atoms with E-state index in [1.165, 1.54) is 0 Å². The van der Waals surface area contributed by atoms with Crippen LogP contribution in [-0.4, -0.2) is 34.9 Å². The standard InChI is InChI=1S/C18H19NO3/c20-17-10-16(11-18(21)22)19(12-17)15-8-6-14(7-9-15)13-4-2-1-3-5-13/h1-9,16-17,20H,10-12H2,(H,21,22)/t16-,17-/m0/s1. The summed E-state index contributed by atoms with van der Waals surface area (Å²) in [5, 5.41) is 18.9. The number of β-amino-alcohol motifs (C(OH)–C–C–N with tert-alkyl or cyclic N) is 1. The second kappa shape index (κ2) is 6.20. The van der Waals surface area contributed by atoms with Gasteiger partial charge < -0.3 is 15.1 Å². The van der Waals surface area contributed by atoms with Gasteiger partial charge in [-0.15, -0.1) is 0 Å². The van der Waals surface area contributed by atoms with Gasteiger partial charge >= 0.3 is 5.97 Å². The number of anilines is 1. The summed E-state index contributed by atoms with van der Waals surface area (Å²) in [6.45, 7) is 0.489. The number of aliphatic hydroxyl groups is 1. The van der Waals surface area contributed by atoms with E-state index in [4.69, 9.17) is 5.11 Å². The van der Waals surface area contributed by atoms with E-state index in [2.05, 4.69) is 12.1 Å². The van der Waals surface area contributed by atoms with Gasteiger partial charge in [-0.05, 0) is 29.7 Å². The lowest BCUT2D eigenvalue weighted by Crippen LogP contribution is -2.31. The lowest BCUT2D eigenvalue weighted by atomic mass is 10.0. The summed E-state index contributed by atoms with van der Waals surface area (Å²) in [6, 6.07) is 18.0. The molecule has 0 aromatic heterocycles. The molecular weight excluding hydrogens is 278 g/mol. The quantitative estimate of drug-likeness (QED) is 0.911. The second-order valence-corrected chi connectivity index (χ2v) is 5.71. The van der Waals surface area contributed by atoms with Crippen molar-refractivity contribution in [3.8, 4) is 11.1 Å². The molecule has 1 saturated heterocycles. The molecule has 0 saturated carbocycles. The van der Waals surface area contributed by atoms with E-state index >= 15 is 0 Å². The van der Waals surface area contributed by atoms with Gasteiger partial charge in [0.05, 0.1) is 12.5 Å². The van der Waals surface area contributed by atoms with Crippen molar-refractivity contribution in [3.63, 3.8) is 0 Å². The Bertz CT molecular complexity index is 639. The fraction of sp³-hybridized carbons (Fsp3) is 0.278. The highest BCUT2D eigenvalue weighted by Gasteiger charge is 2.32. The number of carboxylic acid groups (broad SMARTS) is 1. The zero-order valence-corrected chi connectivity index (χ0v) is 12.2. The molecule has 2 atom stereocenters. The minimum absolute atomic E-state index is 0.0531. The average molecular weight is 297 g/mol. The summed E-state index contributed by atoms with van der Waals surface area (Å²) in [5.74, 6) is -0.829. The van der Waals surface area contributed by atoms with Crippen LogP contribution in [0.2, 0.25) is 0 Å². The first-order valence-electron chi connectivity index (χ1n) is 7.45. The molecule has 1 aliphatic rings. The number of aliphatic hydroxyl groups excluding tert-OH is 1. The zero-order chi connectivity index (χ0) is 15.5. The molecule has 2 aromatic rings. The van der Waals surface area contributed by atoms with Crippen molar-refractivity contribution in [3.05, 3.63) is 54.6 Å². The summed E-state index contributed by atoms with van der Waals surface area (Å²) in [6.07, 6.45) is 0.0997. The first-order chi connectivity index (χ1) is 10.6. The predicted molar refractivity (Wildman–Crippen MR) is 85.9 cm³/mol. The van der Waals surface area contributed by atoms with Crippen LogP contribution in [-0.2, 0) is 4.79 Å². The normalized spacial score (nSPS) is 21.0. The van der Waals surface area contributed by atoms with Crippen molar-refractivity contribution >= 4 is 11.7 Å². The number of hydrogen-bond acceptors (Lipinski definition) is 3. The van der Waals surface area contributed by atoms with Crippen molar-refractivity contribution in [1.29, 1.82) is 0 Å². The molecule has 0 unspecified atom stereocenters. The van der Waals surface area contributed by atoms with E-state index in [9.17, 15) is 9.90 Å². The maximum absolute atomic E-state index is 11.0. The Balaban J connectivity index is 1.81. The van der Waals surface area contributed by atoms with E-state index in [1.54, 1.807) is 0 Å². The molecule has 1 aliphatic heterocycles. The number of nitrogens with zero attached hydrogens (tertiary/aromatic N) is 1. The zero-order valence-electron chi connectivity index (χ0n) is 12.2. The summed E-state index contributed by atoms with van der Waals surface area (Å²) >= 11 is 0. The van der Waals surface area contributed by atoms with E-state index in [0.29, 0.717) is 13.0 Å². The van der Waals surface area contributed by atoms with Crippen molar-refractivity contribution in [1.82, 2.24) is 0 Å². The van der Waals surface area contributed by atoms with Gasteiger partial charge in [-0.2, -0.15) is 0 Å². The third kappa shape index (κ3) is 3.12. The Morgan fingerprint density at radius 3 is 2.32 bits per heavy atom. The smallest absolute Gasteiger partial charge is 0.305 e. The van der Waals surface area contributed by atoms with Gasteiger partial charge in [0, 0.05) is 18.3 Å². The summed E-state index contributed by atoms with van der Waals surface area (Å²) in [4.78, 5) is 13.0. The minimum Gasteiger partial charge on any atom is -0.481 e. The summed E-state index contributed by atoms with van der Waals surface area (Å²) < 4.78 is 0. The molecule has 0 spiro atoms. The number of rotatable bonds is 4. The molecule has 114 valence electrons. The van der Waals surface area contributed by atoms with Crippen molar-refractivity contribution in [2.24, 2.45) is 0 Å². The molecule has 0 aliphatic carbocycles. The highest BCUT2D eigenvalue weighted by molar-refractivity contribution is 5.70. The number of carboxylic acids is 1. The van der Waals surface area contributed by atoms with Crippen molar-refractivity contribution in [2.45, 2.75) is 25.0 Å². The Morgan fingerprint density at radius 2 is 1.68 bits per heavy atom. The summed E-state index contributed by atoms with van der Waals surface area (Å²) in [7, 11) is 0. The topological polar surface area (TPSA) is 60.8 Å². The van der Waals surface area contributed by atoms with E-state index in [1.807, 2.05) is 47.4 Å². The molecular formula is C18H19NO3. The maximum atomic E-state index is 11.0. The fourth-order valence-corrected chi connectivity index (χ4v) is 3.08. The van der Waals surface area contributed by atoms with Crippen molar-refractivity contribution in [2.75, 3.05) is 11.4 Å². The van der Waals surface area contributed by atoms with Gasteiger partial charge in [-0.3, -0.25) is 4.79 Å². The molecule has 2 aromatic carbocycles. The van der Waals surface area contributed by atoms with Crippen molar-refractivity contribution < 1.29 is 15.0 Å². The first kappa shape index (κ1) is 14.6. The molecule has 3 rings (SSSR count). The van der Waals surface area contributed by atoms with Crippen LogP contribution < -0.4 is 4.90 Å². The van der Waals surface area contributed by atoms with Gasteiger partial charge in [-0.25, -0.2) is 0 Å². The maximum Gasteiger partial charge on any atom is 0.305 e. The molecule has 2 N–H and O–H groups in total. The largest absolute Gasteiger partial charge is 0.481 e.